The lowest BCUT2D eigenvalue weighted by molar-refractivity contribution is 0.939. The monoisotopic (exact) mass is 184 g/mol. The first-order valence-electron chi connectivity index (χ1n) is 4.23. The van der Waals surface area contributed by atoms with E-state index in [9.17, 15) is 0 Å². The van der Waals surface area contributed by atoms with Crippen molar-refractivity contribution in [2.45, 2.75) is 6.42 Å². The molecule has 0 saturated carbocycles. The van der Waals surface area contributed by atoms with E-state index in [0.29, 0.717) is 6.42 Å². The van der Waals surface area contributed by atoms with E-state index in [-0.39, 0.29) is 0 Å². The molecule has 0 unspecified atom stereocenters. The van der Waals surface area contributed by atoms with Gasteiger partial charge in [-0.3, -0.25) is 0 Å². The molecule has 0 aliphatic carbocycles. The zero-order valence-electron chi connectivity index (χ0n) is 7.46. The van der Waals surface area contributed by atoms with Crippen molar-refractivity contribution < 1.29 is 0 Å². The Kier molecular flexibility index (Phi) is 2.24. The van der Waals surface area contributed by atoms with Crippen molar-refractivity contribution in [3.8, 4) is 6.07 Å². The highest BCUT2D eigenvalue weighted by Crippen LogP contribution is 2.08. The van der Waals surface area contributed by atoms with Gasteiger partial charge in [-0.15, -0.1) is 0 Å². The summed E-state index contributed by atoms with van der Waals surface area (Å²) in [4.78, 5) is 4.19. The van der Waals surface area contributed by atoms with Crippen molar-refractivity contribution in [2.75, 3.05) is 0 Å². The second-order valence-corrected chi connectivity index (χ2v) is 2.75. The van der Waals surface area contributed by atoms with Gasteiger partial charge in [0.1, 0.15) is 0 Å². The molecule has 0 aromatic carbocycles. The van der Waals surface area contributed by atoms with E-state index in [0.717, 1.165) is 11.2 Å². The van der Waals surface area contributed by atoms with Crippen LogP contribution in [0.1, 0.15) is 12.0 Å². The Hall–Kier alpha value is -2.15. The van der Waals surface area contributed by atoms with Gasteiger partial charge in [-0.2, -0.15) is 10.4 Å². The summed E-state index contributed by atoms with van der Waals surface area (Å²) in [5.74, 6) is 0. The first-order valence-corrected chi connectivity index (χ1v) is 4.23. The lowest BCUT2D eigenvalue weighted by atomic mass is 10.3. The summed E-state index contributed by atoms with van der Waals surface area (Å²) in [7, 11) is 0. The number of nitrogens with zero attached hydrogens (tertiary/aromatic N) is 4. The van der Waals surface area contributed by atoms with Gasteiger partial charge in [-0.1, -0.05) is 12.2 Å². The normalized spacial score (nSPS) is 10.8. The van der Waals surface area contributed by atoms with E-state index in [1.165, 1.54) is 0 Å². The minimum absolute atomic E-state index is 0.407. The lowest BCUT2D eigenvalue weighted by Gasteiger charge is -1.90. The van der Waals surface area contributed by atoms with E-state index >= 15 is 0 Å². The van der Waals surface area contributed by atoms with Gasteiger partial charge in [-0.25, -0.2) is 9.50 Å². The molecule has 2 heterocycles. The third-order valence-corrected chi connectivity index (χ3v) is 1.81. The van der Waals surface area contributed by atoms with Crippen LogP contribution in [0, 0.1) is 11.3 Å². The molecule has 68 valence electrons. The summed E-state index contributed by atoms with van der Waals surface area (Å²) in [5, 5.41) is 12.5. The average molecular weight is 184 g/mol. The van der Waals surface area contributed by atoms with Crippen LogP contribution in [0.5, 0.6) is 0 Å². The molecule has 0 aliphatic rings. The lowest BCUT2D eigenvalue weighted by Crippen LogP contribution is -1.86. The molecular weight excluding hydrogens is 176 g/mol. The van der Waals surface area contributed by atoms with Crippen LogP contribution >= 0.6 is 0 Å². The Bertz CT molecular complexity index is 504. The van der Waals surface area contributed by atoms with Crippen molar-refractivity contribution in [1.29, 1.82) is 5.26 Å². The Morgan fingerprint density at radius 1 is 1.57 bits per heavy atom. The van der Waals surface area contributed by atoms with Gasteiger partial charge >= 0.3 is 0 Å². The van der Waals surface area contributed by atoms with E-state index < -0.39 is 0 Å². The Balaban J connectivity index is 2.39. The predicted molar refractivity (Wildman–Crippen MR) is 52.3 cm³/mol. The van der Waals surface area contributed by atoms with Gasteiger partial charge < -0.3 is 0 Å². The van der Waals surface area contributed by atoms with Crippen LogP contribution in [0.25, 0.3) is 11.7 Å². The maximum absolute atomic E-state index is 8.37. The summed E-state index contributed by atoms with van der Waals surface area (Å²) in [6.07, 6.45) is 9.35. The Morgan fingerprint density at radius 3 is 3.36 bits per heavy atom. The molecule has 14 heavy (non-hydrogen) atoms. The Morgan fingerprint density at radius 2 is 2.50 bits per heavy atom. The van der Waals surface area contributed by atoms with Crippen molar-refractivity contribution in [3.63, 3.8) is 0 Å². The molecule has 0 aliphatic heterocycles. The number of fused-ring (bicyclic) bond motifs is 1. The van der Waals surface area contributed by atoms with Crippen LogP contribution in [-0.4, -0.2) is 14.6 Å². The van der Waals surface area contributed by atoms with Gasteiger partial charge in [0.05, 0.1) is 18.7 Å². The number of hydrogen-bond acceptors (Lipinski definition) is 3. The topological polar surface area (TPSA) is 54.0 Å². The van der Waals surface area contributed by atoms with Crippen molar-refractivity contribution >= 4 is 11.7 Å². The summed E-state index contributed by atoms with van der Waals surface area (Å²) >= 11 is 0. The molecule has 0 fully saturated rings. The maximum atomic E-state index is 8.37. The third kappa shape index (κ3) is 1.48. The number of nitriles is 1. The van der Waals surface area contributed by atoms with E-state index in [1.54, 1.807) is 23.0 Å². The van der Waals surface area contributed by atoms with Gasteiger partial charge in [0.25, 0.3) is 0 Å². The molecule has 0 atom stereocenters. The van der Waals surface area contributed by atoms with Crippen LogP contribution in [0.3, 0.4) is 0 Å². The number of rotatable bonds is 2. The van der Waals surface area contributed by atoms with Crippen molar-refractivity contribution in [2.24, 2.45) is 0 Å². The molecule has 2 aromatic heterocycles. The first-order chi connectivity index (χ1) is 6.92. The number of aromatic nitrogens is 3. The Labute approximate surface area is 81.1 Å². The smallest absolute Gasteiger partial charge is 0.162 e. The highest BCUT2D eigenvalue weighted by molar-refractivity contribution is 5.64. The summed E-state index contributed by atoms with van der Waals surface area (Å²) in [5.41, 5.74) is 1.74. The van der Waals surface area contributed by atoms with Gasteiger partial charge in [-0.05, 0) is 6.07 Å². The zero-order valence-corrected chi connectivity index (χ0v) is 7.46. The summed E-state index contributed by atoms with van der Waals surface area (Å²) in [6.45, 7) is 0. The fraction of sp³-hybridized carbons (Fsp3) is 0.100. The van der Waals surface area contributed by atoms with Crippen LogP contribution < -0.4 is 0 Å². The van der Waals surface area contributed by atoms with Crippen LogP contribution in [0.15, 0.2) is 30.7 Å². The molecular formula is C10H8N4. The fourth-order valence-electron chi connectivity index (χ4n) is 1.20. The molecule has 0 spiro atoms. The molecule has 0 amide bonds. The predicted octanol–water partition coefficient (Wildman–Crippen LogP) is 1.66. The molecule has 2 aromatic rings. The van der Waals surface area contributed by atoms with Crippen molar-refractivity contribution in [1.82, 2.24) is 14.6 Å². The van der Waals surface area contributed by atoms with Gasteiger partial charge in [0.15, 0.2) is 5.65 Å². The number of allylic oxidation sites excluding steroid dienone is 1. The SMILES string of the molecule is N#CCC=Cc1cnn2cccnc12. The standard InChI is InChI=1S/C10H8N4/c11-5-2-1-4-9-8-13-14-7-3-6-12-10(9)14/h1,3-4,6-8H,2H2. The van der Waals surface area contributed by atoms with Crippen LogP contribution in [-0.2, 0) is 0 Å². The molecule has 4 nitrogen and oxygen atoms in total. The highest BCUT2D eigenvalue weighted by atomic mass is 15.2. The van der Waals surface area contributed by atoms with Gasteiger partial charge in [0, 0.05) is 18.0 Å². The quantitative estimate of drug-likeness (QED) is 0.713. The maximum Gasteiger partial charge on any atom is 0.162 e. The second kappa shape index (κ2) is 3.71. The molecule has 4 heteroatoms. The minimum Gasteiger partial charge on any atom is -0.236 e. The second-order valence-electron chi connectivity index (χ2n) is 2.75. The average Bonchev–Trinajstić information content (AvgIpc) is 2.63. The van der Waals surface area contributed by atoms with Crippen LogP contribution in [0.4, 0.5) is 0 Å². The number of hydrogen-bond donors (Lipinski definition) is 0. The summed E-state index contributed by atoms with van der Waals surface area (Å²) in [6, 6.07) is 3.87. The molecule has 0 N–H and O–H groups in total. The highest BCUT2D eigenvalue weighted by Gasteiger charge is 1.99. The minimum atomic E-state index is 0.407. The van der Waals surface area contributed by atoms with Crippen molar-refractivity contribution in [3.05, 3.63) is 36.3 Å². The summed E-state index contributed by atoms with van der Waals surface area (Å²) < 4.78 is 1.70. The first kappa shape index (κ1) is 8.45. The fourth-order valence-corrected chi connectivity index (χ4v) is 1.20. The molecule has 0 radical (unpaired) electrons. The van der Waals surface area contributed by atoms with E-state index in [4.69, 9.17) is 5.26 Å². The molecule has 2 rings (SSSR count). The zero-order chi connectivity index (χ0) is 9.80. The van der Waals surface area contributed by atoms with Crippen LogP contribution in [0.2, 0.25) is 0 Å². The van der Waals surface area contributed by atoms with E-state index in [2.05, 4.69) is 10.1 Å². The molecule has 0 bridgehead atoms. The van der Waals surface area contributed by atoms with E-state index in [1.807, 2.05) is 24.4 Å². The van der Waals surface area contributed by atoms with Gasteiger partial charge in [0.2, 0.25) is 0 Å². The third-order valence-electron chi connectivity index (χ3n) is 1.81. The largest absolute Gasteiger partial charge is 0.236 e. The molecule has 0 saturated heterocycles.